The summed E-state index contributed by atoms with van der Waals surface area (Å²) in [6.07, 6.45) is 4.54. The fourth-order valence-corrected chi connectivity index (χ4v) is 5.26. The van der Waals surface area contributed by atoms with E-state index in [9.17, 15) is 14.7 Å². The van der Waals surface area contributed by atoms with Crippen molar-refractivity contribution in [1.29, 1.82) is 0 Å². The van der Waals surface area contributed by atoms with Crippen molar-refractivity contribution in [2.75, 3.05) is 39.5 Å². The normalized spacial score (nSPS) is 21.1. The molecule has 196 valence electrons. The van der Waals surface area contributed by atoms with Crippen LogP contribution in [0.2, 0.25) is 0 Å². The molecule has 0 saturated carbocycles. The molecule has 1 amide bonds. The highest BCUT2D eigenvalue weighted by Gasteiger charge is 2.47. The van der Waals surface area contributed by atoms with E-state index < -0.39 is 11.9 Å². The molecular weight excluding hydrogens is 464 g/mol. The number of rotatable bonds is 12. The van der Waals surface area contributed by atoms with E-state index in [0.717, 1.165) is 18.4 Å². The van der Waals surface area contributed by atoms with Crippen molar-refractivity contribution in [3.05, 3.63) is 41.6 Å². The van der Waals surface area contributed by atoms with Crippen LogP contribution in [-0.4, -0.2) is 77.3 Å². The van der Waals surface area contributed by atoms with Gasteiger partial charge < -0.3 is 29.6 Å². The number of carboxylic acid groups (broad SMARTS) is 1. The number of aryl methyl sites for hydroxylation is 2. The lowest BCUT2D eigenvalue weighted by Gasteiger charge is -2.29. The molecule has 2 aromatic rings. The first kappa shape index (κ1) is 26.0. The minimum absolute atomic E-state index is 0.0265. The number of carboxylic acids is 1. The molecule has 0 bridgehead atoms. The van der Waals surface area contributed by atoms with E-state index in [-0.39, 0.29) is 31.2 Å². The summed E-state index contributed by atoms with van der Waals surface area (Å²) in [5, 5.41) is 10.3. The molecule has 4 rings (SSSR count). The Labute approximate surface area is 211 Å². The molecule has 1 fully saturated rings. The first-order valence-electron chi connectivity index (χ1n) is 12.7. The molecule has 1 saturated heterocycles. The quantitative estimate of drug-likeness (QED) is 0.451. The summed E-state index contributed by atoms with van der Waals surface area (Å²) in [6, 6.07) is 5.23. The SMILES string of the molecule is CCCCN(CCN)C(=O)CN1CC(c2ccc3c(c2)OCO3)C(C(=O)O)C1CCc1ncc(C)o1. The average Bonchev–Trinajstić information content (AvgIpc) is 3.58. The highest BCUT2D eigenvalue weighted by molar-refractivity contribution is 5.79. The molecule has 2 aliphatic rings. The Morgan fingerprint density at radius 3 is 2.75 bits per heavy atom. The molecule has 2 aliphatic heterocycles. The van der Waals surface area contributed by atoms with Crippen molar-refractivity contribution >= 4 is 11.9 Å². The lowest BCUT2D eigenvalue weighted by Crippen LogP contribution is -2.45. The predicted molar refractivity (Wildman–Crippen MR) is 132 cm³/mol. The van der Waals surface area contributed by atoms with Crippen LogP contribution in [0.25, 0.3) is 0 Å². The van der Waals surface area contributed by atoms with Crippen LogP contribution in [0, 0.1) is 12.8 Å². The number of ether oxygens (including phenoxy) is 2. The lowest BCUT2D eigenvalue weighted by atomic mass is 9.83. The number of aromatic nitrogens is 1. The lowest BCUT2D eigenvalue weighted by molar-refractivity contribution is -0.143. The van der Waals surface area contributed by atoms with Gasteiger partial charge in [-0.1, -0.05) is 19.4 Å². The largest absolute Gasteiger partial charge is 0.481 e. The molecule has 0 spiro atoms. The Kier molecular flexibility index (Phi) is 8.48. The summed E-state index contributed by atoms with van der Waals surface area (Å²) in [5.74, 6) is 0.637. The summed E-state index contributed by atoms with van der Waals surface area (Å²) in [6.45, 7) is 6.18. The van der Waals surface area contributed by atoms with Gasteiger partial charge in [0, 0.05) is 44.6 Å². The third-order valence-electron chi connectivity index (χ3n) is 7.05. The van der Waals surface area contributed by atoms with Crippen LogP contribution in [0.15, 0.2) is 28.8 Å². The van der Waals surface area contributed by atoms with Gasteiger partial charge in [0.05, 0.1) is 18.7 Å². The van der Waals surface area contributed by atoms with Gasteiger partial charge in [-0.15, -0.1) is 0 Å². The highest BCUT2D eigenvalue weighted by Crippen LogP contribution is 2.43. The Balaban J connectivity index is 1.59. The third-order valence-corrected chi connectivity index (χ3v) is 7.05. The van der Waals surface area contributed by atoms with Crippen LogP contribution >= 0.6 is 0 Å². The molecule has 3 atom stereocenters. The maximum Gasteiger partial charge on any atom is 0.308 e. The van der Waals surface area contributed by atoms with Gasteiger partial charge in [-0.25, -0.2) is 4.98 Å². The van der Waals surface area contributed by atoms with E-state index in [2.05, 4.69) is 11.9 Å². The predicted octanol–water partition coefficient (Wildman–Crippen LogP) is 2.40. The first-order chi connectivity index (χ1) is 17.4. The average molecular weight is 501 g/mol. The van der Waals surface area contributed by atoms with Gasteiger partial charge in [-0.05, 0) is 37.5 Å². The minimum Gasteiger partial charge on any atom is -0.481 e. The number of unbranched alkanes of at least 4 members (excludes halogenated alkanes) is 1. The number of amides is 1. The van der Waals surface area contributed by atoms with E-state index in [4.69, 9.17) is 19.6 Å². The van der Waals surface area contributed by atoms with Crippen LogP contribution in [-0.2, 0) is 16.0 Å². The monoisotopic (exact) mass is 500 g/mol. The minimum atomic E-state index is -0.883. The number of carbonyl (C=O) groups excluding carboxylic acids is 1. The number of nitrogens with two attached hydrogens (primary N) is 1. The molecule has 36 heavy (non-hydrogen) atoms. The van der Waals surface area contributed by atoms with Crippen LogP contribution in [0.3, 0.4) is 0 Å². The number of aliphatic carboxylic acids is 1. The van der Waals surface area contributed by atoms with Gasteiger partial charge >= 0.3 is 5.97 Å². The Morgan fingerprint density at radius 1 is 1.25 bits per heavy atom. The second kappa shape index (κ2) is 11.7. The smallest absolute Gasteiger partial charge is 0.308 e. The molecule has 0 radical (unpaired) electrons. The number of likely N-dealkylation sites (tertiary alicyclic amines) is 1. The maximum atomic E-state index is 13.3. The molecule has 0 aliphatic carbocycles. The Bertz CT molecular complexity index is 1060. The summed E-state index contributed by atoms with van der Waals surface area (Å²) in [4.78, 5) is 34.0. The number of carbonyl (C=O) groups is 2. The number of hydrogen-bond donors (Lipinski definition) is 2. The van der Waals surface area contributed by atoms with Gasteiger partial charge in [-0.2, -0.15) is 0 Å². The summed E-state index contributed by atoms with van der Waals surface area (Å²) < 4.78 is 16.6. The number of hydrogen-bond acceptors (Lipinski definition) is 8. The number of fused-ring (bicyclic) bond motifs is 1. The van der Waals surface area contributed by atoms with Crippen LogP contribution in [0.1, 0.15) is 49.3 Å². The second-order valence-corrected chi connectivity index (χ2v) is 9.51. The van der Waals surface area contributed by atoms with Crippen molar-refractivity contribution in [3.8, 4) is 11.5 Å². The third kappa shape index (κ3) is 5.82. The summed E-state index contributed by atoms with van der Waals surface area (Å²) >= 11 is 0. The van der Waals surface area contributed by atoms with Crippen LogP contribution in [0.4, 0.5) is 0 Å². The topological polar surface area (TPSA) is 131 Å². The first-order valence-corrected chi connectivity index (χ1v) is 12.7. The molecule has 10 heteroatoms. The van der Waals surface area contributed by atoms with E-state index in [0.29, 0.717) is 62.2 Å². The fraction of sp³-hybridized carbons (Fsp3) is 0.577. The molecule has 3 N–H and O–H groups in total. The Morgan fingerprint density at radius 2 is 2.06 bits per heavy atom. The Hall–Kier alpha value is -3.11. The molecule has 3 unspecified atom stereocenters. The van der Waals surface area contributed by atoms with E-state index in [1.807, 2.05) is 30.0 Å². The van der Waals surface area contributed by atoms with Crippen molar-refractivity contribution in [1.82, 2.24) is 14.8 Å². The van der Waals surface area contributed by atoms with E-state index in [1.54, 1.807) is 11.1 Å². The zero-order chi connectivity index (χ0) is 25.7. The van der Waals surface area contributed by atoms with Gasteiger partial charge in [-0.3, -0.25) is 14.5 Å². The van der Waals surface area contributed by atoms with Gasteiger partial charge in [0.25, 0.3) is 0 Å². The summed E-state index contributed by atoms with van der Waals surface area (Å²) in [7, 11) is 0. The molecule has 1 aromatic carbocycles. The standard InChI is InChI=1S/C26H36N4O6/c1-3-4-10-29(11-9-27)24(31)15-30-14-19(18-5-7-21-22(12-18)35-16-34-21)25(26(32)33)20(30)6-8-23-28-13-17(2)36-23/h5,7,12-13,19-20,25H,3-4,6,8-11,14-16,27H2,1-2H3,(H,32,33). The molecule has 1 aromatic heterocycles. The molecule has 3 heterocycles. The summed E-state index contributed by atoms with van der Waals surface area (Å²) in [5.41, 5.74) is 6.63. The van der Waals surface area contributed by atoms with Crippen LogP contribution < -0.4 is 15.2 Å². The molecular formula is C26H36N4O6. The van der Waals surface area contributed by atoms with Crippen molar-refractivity contribution in [3.63, 3.8) is 0 Å². The number of nitrogens with zero attached hydrogens (tertiary/aromatic N) is 3. The fourth-order valence-electron chi connectivity index (χ4n) is 5.26. The zero-order valence-electron chi connectivity index (χ0n) is 21.0. The van der Waals surface area contributed by atoms with Crippen molar-refractivity contribution < 1.29 is 28.6 Å². The van der Waals surface area contributed by atoms with E-state index in [1.165, 1.54) is 0 Å². The van der Waals surface area contributed by atoms with Gasteiger partial charge in [0.15, 0.2) is 17.4 Å². The zero-order valence-corrected chi connectivity index (χ0v) is 21.0. The van der Waals surface area contributed by atoms with Crippen molar-refractivity contribution in [2.45, 2.75) is 51.5 Å². The number of benzene rings is 1. The van der Waals surface area contributed by atoms with E-state index >= 15 is 0 Å². The molecule has 10 nitrogen and oxygen atoms in total. The van der Waals surface area contributed by atoms with Gasteiger partial charge in [0.1, 0.15) is 5.76 Å². The number of oxazole rings is 1. The van der Waals surface area contributed by atoms with Crippen LogP contribution in [0.5, 0.6) is 11.5 Å². The van der Waals surface area contributed by atoms with Crippen molar-refractivity contribution in [2.24, 2.45) is 11.7 Å². The second-order valence-electron chi connectivity index (χ2n) is 9.51. The maximum absolute atomic E-state index is 13.3. The van der Waals surface area contributed by atoms with Gasteiger partial charge in [0.2, 0.25) is 12.7 Å². The highest BCUT2D eigenvalue weighted by atomic mass is 16.7.